The molecular weight excluding hydrogens is 687 g/mol. The van der Waals surface area contributed by atoms with Crippen LogP contribution in [-0.2, 0) is 41.2 Å². The second-order valence-electron chi connectivity index (χ2n) is 16.1. The summed E-state index contributed by atoms with van der Waals surface area (Å²) >= 11 is 0. The Bertz CT molecular complexity index is 1500. The van der Waals surface area contributed by atoms with Crippen LogP contribution in [0.5, 0.6) is 11.5 Å². The highest BCUT2D eigenvalue weighted by Crippen LogP contribution is 2.40. The maximum absolute atomic E-state index is 13.6. The van der Waals surface area contributed by atoms with Crippen LogP contribution in [0.25, 0.3) is 0 Å². The number of hydrogen-bond donors (Lipinski definition) is 1. The molecule has 0 saturated carbocycles. The Morgan fingerprint density at radius 1 is 0.943 bits per heavy atom. The first-order valence-corrected chi connectivity index (χ1v) is 21.8. The first-order valence-electron chi connectivity index (χ1n) is 18.9. The van der Waals surface area contributed by atoms with Crippen molar-refractivity contribution in [2.45, 2.75) is 123 Å². The zero-order valence-corrected chi connectivity index (χ0v) is 35.7. The molecule has 2 bridgehead atoms. The Morgan fingerprint density at radius 3 is 2.23 bits per heavy atom. The molecule has 1 amide bonds. The van der Waals surface area contributed by atoms with Crippen molar-refractivity contribution in [3.05, 3.63) is 76.9 Å². The second-order valence-corrected chi connectivity index (χ2v) is 20.8. The summed E-state index contributed by atoms with van der Waals surface area (Å²) in [5.41, 5.74) is 4.32. The maximum Gasteiger partial charge on any atom is 0.250 e. The molecule has 296 valence electrons. The van der Waals surface area contributed by atoms with Gasteiger partial charge in [-0.1, -0.05) is 77.1 Å². The van der Waals surface area contributed by atoms with Crippen molar-refractivity contribution >= 4 is 19.9 Å². The molecule has 9 nitrogen and oxygen atoms in total. The molecule has 1 aliphatic heterocycles. The number of allylic oxidation sites excluding steroid dienone is 1. The van der Waals surface area contributed by atoms with E-state index in [1.807, 2.05) is 55.5 Å². The van der Waals surface area contributed by atoms with Gasteiger partial charge in [0.15, 0.2) is 19.8 Å². The molecule has 2 aromatic carbocycles. The minimum atomic E-state index is -2.21. The highest BCUT2D eigenvalue weighted by molar-refractivity contribution is 6.74. The highest BCUT2D eigenvalue weighted by Gasteiger charge is 2.41. The molecule has 2 unspecified atom stereocenters. The molecular formula is C43H67NO8Si. The second kappa shape index (κ2) is 20.6. The lowest BCUT2D eigenvalue weighted by molar-refractivity contribution is -0.136. The fourth-order valence-electron chi connectivity index (χ4n) is 6.66. The molecule has 2 aromatic rings. The molecule has 1 N–H and O–H groups in total. The Labute approximate surface area is 320 Å². The van der Waals surface area contributed by atoms with E-state index in [4.69, 9.17) is 32.8 Å². The monoisotopic (exact) mass is 753 g/mol. The number of carbonyl (C=O) groups excluding carboxylic acids is 1. The van der Waals surface area contributed by atoms with E-state index in [1.54, 1.807) is 28.4 Å². The van der Waals surface area contributed by atoms with Crippen LogP contribution in [0.3, 0.4) is 0 Å². The summed E-state index contributed by atoms with van der Waals surface area (Å²) in [6.45, 7) is 20.1. The number of benzene rings is 2. The molecule has 0 spiro atoms. The fraction of sp³-hybridized carbons (Fsp3) is 0.605. The maximum atomic E-state index is 13.6. The largest absolute Gasteiger partial charge is 0.493 e. The number of rotatable bonds is 11. The lowest BCUT2D eigenvalue weighted by atomic mass is 9.87. The van der Waals surface area contributed by atoms with Gasteiger partial charge in [-0.05, 0) is 80.8 Å². The van der Waals surface area contributed by atoms with Gasteiger partial charge in [0, 0.05) is 50.1 Å². The molecule has 0 fully saturated rings. The highest BCUT2D eigenvalue weighted by atomic mass is 28.4. The van der Waals surface area contributed by atoms with E-state index in [2.05, 4.69) is 66.0 Å². The van der Waals surface area contributed by atoms with E-state index in [9.17, 15) is 4.79 Å². The van der Waals surface area contributed by atoms with Crippen molar-refractivity contribution in [3.63, 3.8) is 0 Å². The van der Waals surface area contributed by atoms with Gasteiger partial charge >= 0.3 is 0 Å². The molecule has 10 heteroatoms. The molecule has 3 rings (SSSR count). The number of amides is 1. The van der Waals surface area contributed by atoms with Crippen molar-refractivity contribution in [1.29, 1.82) is 0 Å². The quantitative estimate of drug-likeness (QED) is 0.138. The number of fused-ring (bicyclic) bond motifs is 2. The molecule has 0 radical (unpaired) electrons. The Morgan fingerprint density at radius 2 is 1.62 bits per heavy atom. The SMILES string of the molecule is COCO[C@H]1C(OC)C[C@H](C)Cc2cc(cc(OCc3ccccc3)c2OC)NC(=O)/C(C)=C/CCC(OC)[C@@H](O[Si](C)(C)C(C)(C)C)/C(C)=C/[C@@H]1C. The third-order valence-corrected chi connectivity index (χ3v) is 15.2. The molecule has 0 aliphatic carbocycles. The summed E-state index contributed by atoms with van der Waals surface area (Å²) in [5.74, 6) is 1.15. The van der Waals surface area contributed by atoms with Crippen LogP contribution < -0.4 is 14.8 Å². The van der Waals surface area contributed by atoms with Gasteiger partial charge in [0.25, 0.3) is 5.91 Å². The van der Waals surface area contributed by atoms with Gasteiger partial charge in [-0.15, -0.1) is 0 Å². The zero-order valence-electron chi connectivity index (χ0n) is 34.7. The first-order chi connectivity index (χ1) is 25.0. The van der Waals surface area contributed by atoms with Crippen LogP contribution in [0, 0.1) is 11.8 Å². The van der Waals surface area contributed by atoms with E-state index in [0.29, 0.717) is 55.0 Å². The molecule has 0 aromatic heterocycles. The minimum Gasteiger partial charge on any atom is -0.493 e. The smallest absolute Gasteiger partial charge is 0.250 e. The summed E-state index contributed by atoms with van der Waals surface area (Å²) in [5, 5.41) is 3.14. The van der Waals surface area contributed by atoms with Crippen molar-refractivity contribution in [3.8, 4) is 11.5 Å². The fourth-order valence-corrected chi connectivity index (χ4v) is 7.99. The van der Waals surface area contributed by atoms with Crippen LogP contribution in [0.4, 0.5) is 5.69 Å². The summed E-state index contributed by atoms with van der Waals surface area (Å²) in [4.78, 5) is 13.6. The Hall–Kier alpha value is -2.99. The lowest BCUT2D eigenvalue weighted by Crippen LogP contribution is -2.48. The lowest BCUT2D eigenvalue weighted by Gasteiger charge is -2.42. The van der Waals surface area contributed by atoms with Crippen molar-refractivity contribution in [2.24, 2.45) is 11.8 Å². The van der Waals surface area contributed by atoms with Gasteiger partial charge in [0.1, 0.15) is 13.4 Å². The summed E-state index contributed by atoms with van der Waals surface area (Å²) in [6, 6.07) is 13.8. The number of hydrogen-bond acceptors (Lipinski definition) is 8. The summed E-state index contributed by atoms with van der Waals surface area (Å²) < 4.78 is 43.7. The standard InChI is InChI=1S/C43H67NO8Si/c1-29-22-34-25-35(26-38(41(34)49-11)50-27-33-19-15-14-16-20-33)44-42(45)30(2)18-17-21-36(47-9)40(52-53(12,13)43(5,6)7)32(4)24-31(3)39(51-28-46-8)37(23-29)48-10/h14-16,18-20,24-26,29,31,36-37,39-40H,17,21-23,27-28H2,1-13H3,(H,44,45)/b30-18+,32-24+/t29-,31+,36?,37?,39-,40+/m1/s1. The average Bonchev–Trinajstić information content (AvgIpc) is 3.10. The van der Waals surface area contributed by atoms with E-state index in [-0.39, 0.29) is 54.0 Å². The molecule has 53 heavy (non-hydrogen) atoms. The predicted octanol–water partition coefficient (Wildman–Crippen LogP) is 9.51. The molecule has 0 saturated heterocycles. The number of anilines is 1. The Kier molecular flexibility index (Phi) is 17.3. The van der Waals surface area contributed by atoms with Gasteiger partial charge < -0.3 is 38.2 Å². The van der Waals surface area contributed by atoms with Crippen LogP contribution >= 0.6 is 0 Å². The van der Waals surface area contributed by atoms with Crippen LogP contribution in [0.1, 0.15) is 78.9 Å². The van der Waals surface area contributed by atoms with Gasteiger partial charge in [-0.3, -0.25) is 4.79 Å². The topological polar surface area (TPSA) is 93.7 Å². The number of carbonyl (C=O) groups is 1. The first kappa shape index (κ1) is 44.4. The van der Waals surface area contributed by atoms with Crippen molar-refractivity contribution < 1.29 is 37.6 Å². The molecule has 1 aliphatic rings. The zero-order chi connectivity index (χ0) is 39.3. The van der Waals surface area contributed by atoms with E-state index in [1.165, 1.54) is 0 Å². The van der Waals surface area contributed by atoms with E-state index < -0.39 is 8.32 Å². The number of ether oxygens (including phenoxy) is 6. The van der Waals surface area contributed by atoms with E-state index >= 15 is 0 Å². The van der Waals surface area contributed by atoms with Gasteiger partial charge in [-0.25, -0.2) is 0 Å². The Balaban J connectivity index is 2.13. The average molecular weight is 754 g/mol. The van der Waals surface area contributed by atoms with Crippen LogP contribution in [0.2, 0.25) is 18.1 Å². The normalized spacial score (nSPS) is 26.2. The summed E-state index contributed by atoms with van der Waals surface area (Å²) in [7, 11) is 4.57. The van der Waals surface area contributed by atoms with E-state index in [0.717, 1.165) is 16.7 Å². The third-order valence-electron chi connectivity index (χ3n) is 10.7. The molecule has 6 atom stereocenters. The van der Waals surface area contributed by atoms with Gasteiger partial charge in [0.05, 0.1) is 31.5 Å². The van der Waals surface area contributed by atoms with Gasteiger partial charge in [0.2, 0.25) is 0 Å². The number of methoxy groups -OCH3 is 4. The third kappa shape index (κ3) is 12.8. The van der Waals surface area contributed by atoms with Crippen LogP contribution in [-0.4, -0.2) is 73.9 Å². The van der Waals surface area contributed by atoms with Crippen molar-refractivity contribution in [1.82, 2.24) is 0 Å². The minimum absolute atomic E-state index is 0.00346. The predicted molar refractivity (Wildman–Crippen MR) is 216 cm³/mol. The summed E-state index contributed by atoms with van der Waals surface area (Å²) in [6.07, 6.45) is 5.86. The van der Waals surface area contributed by atoms with Gasteiger partial charge in [-0.2, -0.15) is 0 Å². The van der Waals surface area contributed by atoms with Crippen molar-refractivity contribution in [2.75, 3.05) is 40.5 Å². The number of nitrogens with one attached hydrogen (secondary N) is 1. The van der Waals surface area contributed by atoms with Crippen LogP contribution in [0.15, 0.2) is 65.8 Å². The molecule has 1 heterocycles.